The van der Waals surface area contributed by atoms with E-state index in [1.807, 2.05) is 0 Å². The van der Waals surface area contributed by atoms with E-state index in [0.717, 1.165) is 0 Å². The van der Waals surface area contributed by atoms with E-state index in [4.69, 9.17) is 17.3 Å². The fourth-order valence-corrected chi connectivity index (χ4v) is 2.37. The zero-order valence-corrected chi connectivity index (χ0v) is 13.8. The van der Waals surface area contributed by atoms with Crippen LogP contribution in [-0.2, 0) is 4.79 Å². The van der Waals surface area contributed by atoms with Crippen molar-refractivity contribution in [3.63, 3.8) is 0 Å². The van der Waals surface area contributed by atoms with Gasteiger partial charge in [0, 0.05) is 17.4 Å². The second-order valence-electron chi connectivity index (χ2n) is 5.03. The Morgan fingerprint density at radius 1 is 1.12 bits per heavy atom. The Balaban J connectivity index is 1.99. The van der Waals surface area contributed by atoms with E-state index in [1.54, 1.807) is 36.4 Å². The molecule has 0 saturated heterocycles. The lowest BCUT2D eigenvalue weighted by atomic mass is 10.0. The number of benzene rings is 1. The van der Waals surface area contributed by atoms with Crippen LogP contribution in [0.25, 0.3) is 0 Å². The van der Waals surface area contributed by atoms with Crippen LogP contribution in [0.4, 0.5) is 4.79 Å². The fraction of sp³-hybridized carbons (Fsp3) is 0.125. The fourth-order valence-electron chi connectivity index (χ4n) is 2.10. The van der Waals surface area contributed by atoms with E-state index >= 15 is 0 Å². The summed E-state index contributed by atoms with van der Waals surface area (Å²) >= 11 is 6.09. The molecule has 8 nitrogen and oxygen atoms in total. The van der Waals surface area contributed by atoms with Gasteiger partial charge in [-0.15, -0.1) is 0 Å². The largest absolute Gasteiger partial charge is 0.352 e. The molecule has 2 aromatic rings. The lowest BCUT2D eigenvalue weighted by Gasteiger charge is -2.19. The monoisotopic (exact) mass is 361 g/mol. The number of carbonyl (C=O) groups excluding carboxylic acids is 3. The molecule has 0 radical (unpaired) electrons. The molecular formula is C16H16ClN5O3. The maximum absolute atomic E-state index is 12.1. The smallest absolute Gasteiger partial charge is 0.312 e. The van der Waals surface area contributed by atoms with Crippen LogP contribution in [0.1, 0.15) is 28.4 Å². The van der Waals surface area contributed by atoms with Crippen LogP contribution in [-0.4, -0.2) is 22.8 Å². The number of amides is 4. The number of hydrazine groups is 1. The van der Waals surface area contributed by atoms with Gasteiger partial charge in [0.25, 0.3) is 5.91 Å². The molecule has 0 aliphatic heterocycles. The minimum absolute atomic E-state index is 0.167. The normalized spacial score (nSPS) is 11.2. The molecule has 0 aliphatic rings. The summed E-state index contributed by atoms with van der Waals surface area (Å²) in [6.45, 7) is 0. The molecule has 0 saturated carbocycles. The third-order valence-corrected chi connectivity index (χ3v) is 3.57. The van der Waals surface area contributed by atoms with E-state index in [9.17, 15) is 14.4 Å². The quantitative estimate of drug-likeness (QED) is 0.598. The summed E-state index contributed by atoms with van der Waals surface area (Å²) in [5.74, 6) is -1.05. The van der Waals surface area contributed by atoms with Gasteiger partial charge in [-0.1, -0.05) is 29.8 Å². The molecule has 1 aromatic carbocycles. The molecule has 1 unspecified atom stereocenters. The van der Waals surface area contributed by atoms with E-state index in [0.29, 0.717) is 16.1 Å². The zero-order chi connectivity index (χ0) is 18.2. The predicted molar refractivity (Wildman–Crippen MR) is 91.4 cm³/mol. The minimum atomic E-state index is -0.794. The van der Waals surface area contributed by atoms with Gasteiger partial charge >= 0.3 is 6.03 Å². The van der Waals surface area contributed by atoms with Crippen molar-refractivity contribution < 1.29 is 14.4 Å². The number of rotatable bonds is 5. The van der Waals surface area contributed by atoms with Gasteiger partial charge < -0.3 is 11.1 Å². The van der Waals surface area contributed by atoms with Crippen LogP contribution in [0, 0.1) is 0 Å². The first kappa shape index (κ1) is 18.2. The summed E-state index contributed by atoms with van der Waals surface area (Å²) in [5, 5.41) is 2.84. The predicted octanol–water partition coefficient (Wildman–Crippen LogP) is 1.30. The maximum Gasteiger partial charge on any atom is 0.312 e. The Kier molecular flexibility index (Phi) is 6.30. The van der Waals surface area contributed by atoms with Crippen molar-refractivity contribution >= 4 is 29.4 Å². The number of hydrogen-bond donors (Lipinski definition) is 4. The van der Waals surface area contributed by atoms with Gasteiger partial charge in [0.15, 0.2) is 0 Å². The summed E-state index contributed by atoms with van der Waals surface area (Å²) in [7, 11) is 0. The molecule has 5 N–H and O–H groups in total. The SMILES string of the molecule is NC(=O)NC(CC(=O)NNC(=O)c1cccnc1)c1ccccc1Cl. The number of hydrogen-bond acceptors (Lipinski definition) is 4. The van der Waals surface area contributed by atoms with Crippen LogP contribution >= 0.6 is 11.6 Å². The second kappa shape index (κ2) is 8.65. The molecule has 0 fully saturated rings. The van der Waals surface area contributed by atoms with E-state index in [2.05, 4.69) is 21.2 Å². The lowest BCUT2D eigenvalue weighted by Crippen LogP contribution is -2.44. The maximum atomic E-state index is 12.1. The lowest BCUT2D eigenvalue weighted by molar-refractivity contribution is -0.122. The number of pyridine rings is 1. The standard InChI is InChI=1S/C16H16ClN5O3/c17-12-6-2-1-5-11(12)13(20-16(18)25)8-14(23)21-22-15(24)10-4-3-7-19-9-10/h1-7,9,13H,8H2,(H,21,23)(H,22,24)(H3,18,20,25). The van der Waals surface area contributed by atoms with Crippen LogP contribution in [0.2, 0.25) is 5.02 Å². The third-order valence-electron chi connectivity index (χ3n) is 3.23. The second-order valence-corrected chi connectivity index (χ2v) is 5.44. The molecule has 0 spiro atoms. The molecule has 1 atom stereocenters. The molecule has 25 heavy (non-hydrogen) atoms. The van der Waals surface area contributed by atoms with Crippen LogP contribution < -0.4 is 21.9 Å². The number of nitrogens with one attached hydrogen (secondary N) is 3. The van der Waals surface area contributed by atoms with E-state index in [1.165, 1.54) is 12.4 Å². The van der Waals surface area contributed by atoms with Crippen molar-refractivity contribution in [1.82, 2.24) is 21.2 Å². The molecule has 130 valence electrons. The van der Waals surface area contributed by atoms with Crippen molar-refractivity contribution in [2.75, 3.05) is 0 Å². The minimum Gasteiger partial charge on any atom is -0.352 e. The first-order chi connectivity index (χ1) is 12.0. The molecule has 9 heteroatoms. The summed E-state index contributed by atoms with van der Waals surface area (Å²) < 4.78 is 0. The molecule has 0 bridgehead atoms. The highest BCUT2D eigenvalue weighted by atomic mass is 35.5. The Bertz CT molecular complexity index is 769. The van der Waals surface area contributed by atoms with Gasteiger partial charge in [-0.25, -0.2) is 4.79 Å². The van der Waals surface area contributed by atoms with Crippen LogP contribution in [0.15, 0.2) is 48.8 Å². The Hall–Kier alpha value is -3.13. The van der Waals surface area contributed by atoms with Gasteiger partial charge in [-0.2, -0.15) is 0 Å². The molecule has 1 aromatic heterocycles. The third kappa shape index (κ3) is 5.47. The number of primary amides is 1. The first-order valence-corrected chi connectivity index (χ1v) is 7.64. The highest BCUT2D eigenvalue weighted by molar-refractivity contribution is 6.31. The molecule has 4 amide bonds. The van der Waals surface area contributed by atoms with Crippen molar-refractivity contribution in [1.29, 1.82) is 0 Å². The summed E-state index contributed by atoms with van der Waals surface area (Å²) in [5.41, 5.74) is 10.5. The van der Waals surface area contributed by atoms with E-state index in [-0.39, 0.29) is 6.42 Å². The van der Waals surface area contributed by atoms with Crippen LogP contribution in [0.5, 0.6) is 0 Å². The number of carbonyl (C=O) groups is 3. The number of halogens is 1. The topological polar surface area (TPSA) is 126 Å². The first-order valence-electron chi connectivity index (χ1n) is 7.27. The number of aromatic nitrogens is 1. The van der Waals surface area contributed by atoms with Crippen molar-refractivity contribution in [2.45, 2.75) is 12.5 Å². The average molecular weight is 362 g/mol. The Morgan fingerprint density at radius 2 is 1.88 bits per heavy atom. The Labute approximate surface area is 148 Å². The number of urea groups is 1. The van der Waals surface area contributed by atoms with Gasteiger partial charge in [-0.3, -0.25) is 25.4 Å². The van der Waals surface area contributed by atoms with Crippen molar-refractivity contribution in [2.24, 2.45) is 5.73 Å². The van der Waals surface area contributed by atoms with E-state index < -0.39 is 23.9 Å². The van der Waals surface area contributed by atoms with Gasteiger partial charge in [0.1, 0.15) is 0 Å². The number of nitrogens with zero attached hydrogens (tertiary/aromatic N) is 1. The Morgan fingerprint density at radius 3 is 2.52 bits per heavy atom. The molecule has 0 aliphatic carbocycles. The zero-order valence-electron chi connectivity index (χ0n) is 13.0. The van der Waals surface area contributed by atoms with Crippen molar-refractivity contribution in [3.05, 3.63) is 64.9 Å². The van der Waals surface area contributed by atoms with Gasteiger partial charge in [0.2, 0.25) is 5.91 Å². The van der Waals surface area contributed by atoms with Gasteiger partial charge in [0.05, 0.1) is 18.0 Å². The summed E-state index contributed by atoms with van der Waals surface area (Å²) in [4.78, 5) is 38.9. The average Bonchev–Trinajstić information content (AvgIpc) is 2.60. The molecule has 2 rings (SSSR count). The molecule has 1 heterocycles. The summed E-state index contributed by atoms with van der Waals surface area (Å²) in [6.07, 6.45) is 2.72. The van der Waals surface area contributed by atoms with Crippen LogP contribution in [0.3, 0.4) is 0 Å². The number of nitrogens with two attached hydrogens (primary N) is 1. The summed E-state index contributed by atoms with van der Waals surface area (Å²) in [6, 6.07) is 8.37. The highest BCUT2D eigenvalue weighted by Crippen LogP contribution is 2.24. The van der Waals surface area contributed by atoms with Crippen molar-refractivity contribution in [3.8, 4) is 0 Å². The van der Waals surface area contributed by atoms with Gasteiger partial charge in [-0.05, 0) is 23.8 Å². The molecular weight excluding hydrogens is 346 g/mol. The highest BCUT2D eigenvalue weighted by Gasteiger charge is 2.20.